The Kier molecular flexibility index (Phi) is 8.57. The molecule has 0 bridgehead atoms. The highest BCUT2D eigenvalue weighted by Gasteiger charge is 2.18. The fraction of sp³-hybridized carbons (Fsp3) is 0.250. The van der Waals surface area contributed by atoms with Gasteiger partial charge in [0.1, 0.15) is 13.2 Å². The highest BCUT2D eigenvalue weighted by molar-refractivity contribution is 5.94. The van der Waals surface area contributed by atoms with Crippen molar-refractivity contribution in [1.82, 2.24) is 4.90 Å². The third kappa shape index (κ3) is 7.04. The van der Waals surface area contributed by atoms with Crippen LogP contribution in [-0.2, 0) is 9.47 Å². The summed E-state index contributed by atoms with van der Waals surface area (Å²) in [6.07, 6.45) is 0. The second-order valence-corrected chi connectivity index (χ2v) is 8.16. The lowest BCUT2D eigenvalue weighted by Gasteiger charge is -2.22. The molecule has 0 spiro atoms. The molecule has 0 N–H and O–H groups in total. The lowest BCUT2D eigenvalue weighted by Crippen LogP contribution is -2.37. The van der Waals surface area contributed by atoms with Gasteiger partial charge in [-0.25, -0.2) is 9.59 Å². The summed E-state index contributed by atoms with van der Waals surface area (Å²) in [5.74, 6) is -1.13. The van der Waals surface area contributed by atoms with Gasteiger partial charge in [0.15, 0.2) is 0 Å². The number of benzene rings is 3. The Labute approximate surface area is 200 Å². The molecule has 0 saturated carbocycles. The summed E-state index contributed by atoms with van der Waals surface area (Å²) in [5.41, 5.74) is 4.56. The molecule has 34 heavy (non-hydrogen) atoms. The summed E-state index contributed by atoms with van der Waals surface area (Å²) in [5, 5.41) is 0. The van der Waals surface area contributed by atoms with Crippen LogP contribution in [0.2, 0.25) is 0 Å². The van der Waals surface area contributed by atoms with Crippen LogP contribution in [0.3, 0.4) is 0 Å². The Morgan fingerprint density at radius 1 is 0.559 bits per heavy atom. The third-order valence-corrected chi connectivity index (χ3v) is 5.35. The fourth-order valence-corrected chi connectivity index (χ4v) is 3.24. The van der Waals surface area contributed by atoms with Gasteiger partial charge in [0.25, 0.3) is 5.91 Å². The van der Waals surface area contributed by atoms with Crippen molar-refractivity contribution in [2.75, 3.05) is 26.3 Å². The molecule has 6 nitrogen and oxygen atoms in total. The molecular formula is C28H29NO5. The number of aryl methyl sites for hydroxylation is 3. The molecule has 0 atom stereocenters. The molecule has 0 radical (unpaired) electrons. The summed E-state index contributed by atoms with van der Waals surface area (Å²) in [6, 6.07) is 21.4. The van der Waals surface area contributed by atoms with E-state index in [2.05, 4.69) is 0 Å². The van der Waals surface area contributed by atoms with E-state index >= 15 is 0 Å². The van der Waals surface area contributed by atoms with Gasteiger partial charge in [-0.3, -0.25) is 4.79 Å². The number of hydrogen-bond donors (Lipinski definition) is 0. The Balaban J connectivity index is 1.60. The van der Waals surface area contributed by atoms with Gasteiger partial charge in [-0.05, 0) is 57.2 Å². The Bertz CT molecular complexity index is 1060. The minimum absolute atomic E-state index is 0.0240. The largest absolute Gasteiger partial charge is 0.460 e. The first kappa shape index (κ1) is 24.7. The van der Waals surface area contributed by atoms with E-state index in [4.69, 9.17) is 9.47 Å². The van der Waals surface area contributed by atoms with E-state index in [0.29, 0.717) is 16.7 Å². The first-order valence-corrected chi connectivity index (χ1v) is 11.2. The molecule has 0 heterocycles. The van der Waals surface area contributed by atoms with E-state index in [1.165, 1.54) is 4.90 Å². The number of amides is 1. The first-order chi connectivity index (χ1) is 16.3. The second kappa shape index (κ2) is 11.8. The predicted octanol–water partition coefficient (Wildman–Crippen LogP) is 4.77. The van der Waals surface area contributed by atoms with E-state index in [1.54, 1.807) is 36.4 Å². The van der Waals surface area contributed by atoms with Crippen LogP contribution in [0.4, 0.5) is 0 Å². The van der Waals surface area contributed by atoms with Crippen LogP contribution in [-0.4, -0.2) is 49.0 Å². The molecule has 3 rings (SSSR count). The van der Waals surface area contributed by atoms with Crippen molar-refractivity contribution in [2.45, 2.75) is 20.8 Å². The number of nitrogens with zero attached hydrogens (tertiary/aromatic N) is 1. The molecule has 1 amide bonds. The van der Waals surface area contributed by atoms with Gasteiger partial charge in [0.2, 0.25) is 0 Å². The molecular weight excluding hydrogens is 430 g/mol. The average Bonchev–Trinajstić information content (AvgIpc) is 2.83. The number of ether oxygens (including phenoxy) is 2. The molecule has 0 aromatic heterocycles. The topological polar surface area (TPSA) is 72.9 Å². The molecule has 0 unspecified atom stereocenters. The maximum Gasteiger partial charge on any atom is 0.338 e. The van der Waals surface area contributed by atoms with Gasteiger partial charge in [-0.15, -0.1) is 0 Å². The summed E-state index contributed by atoms with van der Waals surface area (Å²) >= 11 is 0. The van der Waals surface area contributed by atoms with Gasteiger partial charge in [-0.2, -0.15) is 0 Å². The zero-order valence-corrected chi connectivity index (χ0v) is 19.7. The monoisotopic (exact) mass is 459 g/mol. The van der Waals surface area contributed by atoms with Gasteiger partial charge >= 0.3 is 11.9 Å². The molecule has 3 aromatic carbocycles. The third-order valence-electron chi connectivity index (χ3n) is 5.35. The van der Waals surface area contributed by atoms with Gasteiger partial charge in [0.05, 0.1) is 24.2 Å². The smallest absolute Gasteiger partial charge is 0.338 e. The molecule has 3 aromatic rings. The van der Waals surface area contributed by atoms with Crippen LogP contribution in [0.1, 0.15) is 47.8 Å². The van der Waals surface area contributed by atoms with E-state index in [-0.39, 0.29) is 32.2 Å². The minimum atomic E-state index is -0.450. The summed E-state index contributed by atoms with van der Waals surface area (Å²) in [6.45, 7) is 6.22. The van der Waals surface area contributed by atoms with Gasteiger partial charge in [-0.1, -0.05) is 53.1 Å². The van der Waals surface area contributed by atoms with E-state index in [1.807, 2.05) is 57.2 Å². The van der Waals surface area contributed by atoms with E-state index < -0.39 is 11.9 Å². The average molecular weight is 460 g/mol. The number of carbonyl (C=O) groups is 3. The fourth-order valence-electron chi connectivity index (χ4n) is 3.24. The van der Waals surface area contributed by atoms with Crippen molar-refractivity contribution in [2.24, 2.45) is 0 Å². The normalized spacial score (nSPS) is 10.4. The SMILES string of the molecule is Cc1ccc(C(=O)OCCN(CCOC(=O)c2ccc(C)cc2)C(=O)c2ccc(C)cc2)cc1. The van der Waals surface area contributed by atoms with Gasteiger partial charge in [0, 0.05) is 5.56 Å². The molecule has 0 saturated heterocycles. The maximum atomic E-state index is 13.1. The molecule has 0 aliphatic heterocycles. The standard InChI is InChI=1S/C28H29NO5/c1-20-4-10-23(11-5-20)26(30)29(16-18-33-27(31)24-12-6-21(2)7-13-24)17-19-34-28(32)25-14-8-22(3)9-15-25/h4-15H,16-19H2,1-3H3. The summed E-state index contributed by atoms with van der Waals surface area (Å²) in [7, 11) is 0. The second-order valence-electron chi connectivity index (χ2n) is 8.16. The summed E-state index contributed by atoms with van der Waals surface area (Å²) in [4.78, 5) is 39.2. The van der Waals surface area contributed by atoms with Crippen molar-refractivity contribution in [3.05, 3.63) is 106 Å². The number of hydrogen-bond acceptors (Lipinski definition) is 5. The van der Waals surface area contributed by atoms with Crippen LogP contribution >= 0.6 is 0 Å². The van der Waals surface area contributed by atoms with Crippen molar-refractivity contribution in [1.29, 1.82) is 0 Å². The Hall–Kier alpha value is -3.93. The molecule has 6 heteroatoms. The van der Waals surface area contributed by atoms with Gasteiger partial charge < -0.3 is 14.4 Å². The van der Waals surface area contributed by atoms with Crippen molar-refractivity contribution < 1.29 is 23.9 Å². The molecule has 0 fully saturated rings. The predicted molar refractivity (Wildman–Crippen MR) is 130 cm³/mol. The molecule has 0 aliphatic rings. The van der Waals surface area contributed by atoms with Crippen LogP contribution in [0.25, 0.3) is 0 Å². The lowest BCUT2D eigenvalue weighted by atomic mass is 10.1. The molecule has 176 valence electrons. The highest BCUT2D eigenvalue weighted by Crippen LogP contribution is 2.10. The lowest BCUT2D eigenvalue weighted by molar-refractivity contribution is 0.0362. The Morgan fingerprint density at radius 2 is 0.882 bits per heavy atom. The maximum absolute atomic E-state index is 13.1. The van der Waals surface area contributed by atoms with Crippen LogP contribution in [0, 0.1) is 20.8 Å². The van der Waals surface area contributed by atoms with Crippen LogP contribution in [0.15, 0.2) is 72.8 Å². The zero-order chi connectivity index (χ0) is 24.5. The summed E-state index contributed by atoms with van der Waals surface area (Å²) < 4.78 is 10.7. The highest BCUT2D eigenvalue weighted by atomic mass is 16.5. The quantitative estimate of drug-likeness (QED) is 0.431. The minimum Gasteiger partial charge on any atom is -0.460 e. The van der Waals surface area contributed by atoms with Crippen LogP contribution < -0.4 is 0 Å². The number of carbonyl (C=O) groups excluding carboxylic acids is 3. The number of rotatable bonds is 9. The van der Waals surface area contributed by atoms with Crippen molar-refractivity contribution in [3.8, 4) is 0 Å². The number of esters is 2. The first-order valence-electron chi connectivity index (χ1n) is 11.2. The molecule has 0 aliphatic carbocycles. The van der Waals surface area contributed by atoms with E-state index in [9.17, 15) is 14.4 Å². The zero-order valence-electron chi connectivity index (χ0n) is 19.7. The Morgan fingerprint density at radius 3 is 1.24 bits per heavy atom. The van der Waals surface area contributed by atoms with Crippen molar-refractivity contribution in [3.63, 3.8) is 0 Å². The van der Waals surface area contributed by atoms with Crippen LogP contribution in [0.5, 0.6) is 0 Å². The van der Waals surface area contributed by atoms with Crippen molar-refractivity contribution >= 4 is 17.8 Å². The van der Waals surface area contributed by atoms with E-state index in [0.717, 1.165) is 16.7 Å².